The van der Waals surface area contributed by atoms with E-state index in [2.05, 4.69) is 30.9 Å². The summed E-state index contributed by atoms with van der Waals surface area (Å²) in [7, 11) is 0. The predicted octanol–water partition coefficient (Wildman–Crippen LogP) is 4.26. The normalized spacial score (nSPS) is 18.2. The molecule has 140 valence electrons. The molecule has 0 bridgehead atoms. The Bertz CT molecular complexity index is 761. The van der Waals surface area contributed by atoms with E-state index in [1.165, 1.54) is 0 Å². The summed E-state index contributed by atoms with van der Waals surface area (Å²) >= 11 is 0. The van der Waals surface area contributed by atoms with Crippen molar-refractivity contribution in [2.75, 3.05) is 13.1 Å². The SMILES string of the molecule is Cc1ccccc1-c1noc(CC2CCCN(C(=O)CC(C)(C)C)C2)n1. The van der Waals surface area contributed by atoms with Crippen LogP contribution in [0.1, 0.15) is 51.5 Å². The molecule has 2 heterocycles. The molecule has 1 atom stereocenters. The van der Waals surface area contributed by atoms with Gasteiger partial charge in [-0.2, -0.15) is 4.98 Å². The molecule has 1 aliphatic heterocycles. The standard InChI is InChI=1S/C21H29N3O2/c1-15-8-5-6-10-17(15)20-22-18(26-23-20)12-16-9-7-11-24(14-16)19(25)13-21(2,3)4/h5-6,8,10,16H,7,9,11-14H2,1-4H3. The Hall–Kier alpha value is -2.17. The molecule has 1 aromatic heterocycles. The summed E-state index contributed by atoms with van der Waals surface area (Å²) in [5.41, 5.74) is 2.17. The van der Waals surface area contributed by atoms with Gasteiger partial charge in [0, 0.05) is 31.5 Å². The second-order valence-corrected chi connectivity index (χ2v) is 8.62. The number of likely N-dealkylation sites (tertiary alicyclic amines) is 1. The van der Waals surface area contributed by atoms with E-state index in [0.29, 0.717) is 24.1 Å². The zero-order valence-electron chi connectivity index (χ0n) is 16.3. The number of rotatable bonds is 4. The van der Waals surface area contributed by atoms with Gasteiger partial charge in [0.1, 0.15) is 0 Å². The van der Waals surface area contributed by atoms with Crippen LogP contribution in [0.3, 0.4) is 0 Å². The van der Waals surface area contributed by atoms with Gasteiger partial charge in [0.2, 0.25) is 17.6 Å². The van der Waals surface area contributed by atoms with E-state index < -0.39 is 0 Å². The van der Waals surface area contributed by atoms with Crippen molar-refractivity contribution in [2.24, 2.45) is 11.3 Å². The van der Waals surface area contributed by atoms with Gasteiger partial charge in [-0.1, -0.05) is 50.2 Å². The quantitative estimate of drug-likeness (QED) is 0.822. The summed E-state index contributed by atoms with van der Waals surface area (Å²) in [5.74, 6) is 1.96. The fourth-order valence-electron chi connectivity index (χ4n) is 3.54. The molecule has 26 heavy (non-hydrogen) atoms. The highest BCUT2D eigenvalue weighted by molar-refractivity contribution is 5.76. The Morgan fingerprint density at radius 1 is 1.31 bits per heavy atom. The third-order valence-corrected chi connectivity index (χ3v) is 4.87. The molecule has 0 N–H and O–H groups in total. The topological polar surface area (TPSA) is 59.2 Å². The summed E-state index contributed by atoms with van der Waals surface area (Å²) in [5, 5.41) is 4.15. The van der Waals surface area contributed by atoms with Crippen LogP contribution in [0.4, 0.5) is 0 Å². The molecule has 5 nitrogen and oxygen atoms in total. The van der Waals surface area contributed by atoms with Crippen molar-refractivity contribution >= 4 is 5.91 Å². The van der Waals surface area contributed by atoms with Crippen LogP contribution in [0.5, 0.6) is 0 Å². The first-order valence-corrected chi connectivity index (χ1v) is 9.48. The van der Waals surface area contributed by atoms with Crippen molar-refractivity contribution in [3.8, 4) is 11.4 Å². The first-order chi connectivity index (χ1) is 12.3. The minimum Gasteiger partial charge on any atom is -0.342 e. The van der Waals surface area contributed by atoms with Crippen molar-refractivity contribution < 1.29 is 9.32 Å². The Balaban J connectivity index is 1.63. The van der Waals surface area contributed by atoms with Gasteiger partial charge in [0.25, 0.3) is 0 Å². The van der Waals surface area contributed by atoms with Gasteiger partial charge < -0.3 is 9.42 Å². The molecule has 0 radical (unpaired) electrons. The Labute approximate surface area is 155 Å². The van der Waals surface area contributed by atoms with Gasteiger partial charge in [-0.15, -0.1) is 0 Å². The number of aromatic nitrogens is 2. The number of nitrogens with zero attached hydrogens (tertiary/aromatic N) is 3. The zero-order valence-corrected chi connectivity index (χ0v) is 16.3. The van der Waals surface area contributed by atoms with Gasteiger partial charge >= 0.3 is 0 Å². The summed E-state index contributed by atoms with van der Waals surface area (Å²) in [6, 6.07) is 8.05. The first-order valence-electron chi connectivity index (χ1n) is 9.48. The Kier molecular flexibility index (Phi) is 5.44. The molecule has 1 aromatic carbocycles. The molecule has 2 aromatic rings. The molecule has 1 amide bonds. The lowest BCUT2D eigenvalue weighted by atomic mass is 9.89. The minimum absolute atomic E-state index is 0.0267. The van der Waals surface area contributed by atoms with Crippen LogP contribution in [0.25, 0.3) is 11.4 Å². The fraction of sp³-hybridized carbons (Fsp3) is 0.571. The lowest BCUT2D eigenvalue weighted by molar-refractivity contribution is -0.134. The van der Waals surface area contributed by atoms with Crippen molar-refractivity contribution in [3.63, 3.8) is 0 Å². The summed E-state index contributed by atoms with van der Waals surface area (Å²) < 4.78 is 5.49. The van der Waals surface area contributed by atoms with Crippen molar-refractivity contribution in [1.29, 1.82) is 0 Å². The van der Waals surface area contributed by atoms with Crippen LogP contribution in [0.2, 0.25) is 0 Å². The number of carbonyl (C=O) groups is 1. The molecule has 1 unspecified atom stereocenters. The third-order valence-electron chi connectivity index (χ3n) is 4.87. The molecule has 0 saturated carbocycles. The van der Waals surface area contributed by atoms with Crippen molar-refractivity contribution in [3.05, 3.63) is 35.7 Å². The predicted molar refractivity (Wildman–Crippen MR) is 102 cm³/mol. The lowest BCUT2D eigenvalue weighted by Gasteiger charge is -2.34. The van der Waals surface area contributed by atoms with Crippen LogP contribution in [0, 0.1) is 18.3 Å². The monoisotopic (exact) mass is 355 g/mol. The number of aryl methyl sites for hydroxylation is 1. The van der Waals surface area contributed by atoms with E-state index in [0.717, 1.165) is 43.5 Å². The lowest BCUT2D eigenvalue weighted by Crippen LogP contribution is -2.41. The van der Waals surface area contributed by atoms with Crippen LogP contribution in [0.15, 0.2) is 28.8 Å². The third kappa shape index (κ3) is 4.71. The van der Waals surface area contributed by atoms with E-state index in [9.17, 15) is 4.79 Å². The summed E-state index contributed by atoms with van der Waals surface area (Å²) in [6.45, 7) is 10.0. The molecule has 0 aliphatic carbocycles. The first kappa shape index (κ1) is 18.6. The molecule has 0 spiro atoms. The number of benzene rings is 1. The van der Waals surface area contributed by atoms with E-state index in [1.54, 1.807) is 0 Å². The van der Waals surface area contributed by atoms with Gasteiger partial charge in [-0.05, 0) is 36.7 Å². The largest absolute Gasteiger partial charge is 0.342 e. The molecule has 1 aliphatic rings. The summed E-state index contributed by atoms with van der Waals surface area (Å²) in [6.07, 6.45) is 3.47. The van der Waals surface area contributed by atoms with E-state index >= 15 is 0 Å². The van der Waals surface area contributed by atoms with Crippen LogP contribution in [-0.4, -0.2) is 34.0 Å². The van der Waals surface area contributed by atoms with Crippen molar-refractivity contribution in [1.82, 2.24) is 15.0 Å². The van der Waals surface area contributed by atoms with Crippen LogP contribution < -0.4 is 0 Å². The van der Waals surface area contributed by atoms with Crippen LogP contribution >= 0.6 is 0 Å². The number of piperidine rings is 1. The maximum Gasteiger partial charge on any atom is 0.227 e. The summed E-state index contributed by atoms with van der Waals surface area (Å²) in [4.78, 5) is 19.1. The fourth-order valence-corrected chi connectivity index (χ4v) is 3.54. The molecule has 1 fully saturated rings. The highest BCUT2D eigenvalue weighted by Crippen LogP contribution is 2.26. The van der Waals surface area contributed by atoms with Gasteiger partial charge in [0.05, 0.1) is 0 Å². The second-order valence-electron chi connectivity index (χ2n) is 8.62. The number of hydrogen-bond acceptors (Lipinski definition) is 4. The van der Waals surface area contributed by atoms with E-state index in [-0.39, 0.29) is 11.3 Å². The molecule has 1 saturated heterocycles. The highest BCUT2D eigenvalue weighted by Gasteiger charge is 2.27. The molecule has 3 rings (SSSR count). The maximum absolute atomic E-state index is 12.5. The number of amides is 1. The van der Waals surface area contributed by atoms with Crippen molar-refractivity contribution in [2.45, 2.75) is 53.4 Å². The average Bonchev–Trinajstić information content (AvgIpc) is 3.02. The molecular weight excluding hydrogens is 326 g/mol. The second kappa shape index (κ2) is 7.60. The maximum atomic E-state index is 12.5. The Morgan fingerprint density at radius 3 is 2.81 bits per heavy atom. The smallest absolute Gasteiger partial charge is 0.227 e. The minimum atomic E-state index is 0.0267. The van der Waals surface area contributed by atoms with Gasteiger partial charge in [-0.3, -0.25) is 4.79 Å². The van der Waals surface area contributed by atoms with Crippen LogP contribution in [-0.2, 0) is 11.2 Å². The van der Waals surface area contributed by atoms with E-state index in [4.69, 9.17) is 4.52 Å². The van der Waals surface area contributed by atoms with Gasteiger partial charge in [-0.25, -0.2) is 0 Å². The number of carbonyl (C=O) groups excluding carboxylic acids is 1. The Morgan fingerprint density at radius 2 is 2.08 bits per heavy atom. The molecule has 5 heteroatoms. The average molecular weight is 355 g/mol. The molecular formula is C21H29N3O2. The van der Waals surface area contributed by atoms with E-state index in [1.807, 2.05) is 36.1 Å². The zero-order chi connectivity index (χ0) is 18.7. The van der Waals surface area contributed by atoms with Gasteiger partial charge in [0.15, 0.2) is 0 Å². The number of hydrogen-bond donors (Lipinski definition) is 0. The highest BCUT2D eigenvalue weighted by atomic mass is 16.5.